The number of likely N-dealkylation sites (tertiary alicyclic amines) is 1. The molecule has 1 amide bonds. The van der Waals surface area contributed by atoms with Crippen molar-refractivity contribution in [3.63, 3.8) is 0 Å². The van der Waals surface area contributed by atoms with Gasteiger partial charge in [0.15, 0.2) is 0 Å². The van der Waals surface area contributed by atoms with Crippen LogP contribution in [0.2, 0.25) is 0 Å². The molecular formula is C15H21BrN2O2. The highest BCUT2D eigenvalue weighted by atomic mass is 79.9. The lowest BCUT2D eigenvalue weighted by molar-refractivity contribution is -0.128. The first-order chi connectivity index (χ1) is 9.49. The van der Waals surface area contributed by atoms with Gasteiger partial charge in [0.2, 0.25) is 5.91 Å². The van der Waals surface area contributed by atoms with Crippen LogP contribution in [-0.2, 0) is 4.79 Å². The van der Waals surface area contributed by atoms with Crippen molar-refractivity contribution in [3.8, 4) is 0 Å². The highest BCUT2D eigenvalue weighted by Crippen LogP contribution is 2.28. The lowest BCUT2D eigenvalue weighted by atomic mass is 10.1. The lowest BCUT2D eigenvalue weighted by Crippen LogP contribution is -2.37. The molecule has 1 atom stereocenters. The van der Waals surface area contributed by atoms with Gasteiger partial charge in [-0.1, -0.05) is 6.07 Å². The summed E-state index contributed by atoms with van der Waals surface area (Å²) in [4.78, 5) is 16.0. The van der Waals surface area contributed by atoms with Crippen molar-refractivity contribution in [1.82, 2.24) is 4.90 Å². The van der Waals surface area contributed by atoms with Gasteiger partial charge in [-0.2, -0.15) is 0 Å². The van der Waals surface area contributed by atoms with Gasteiger partial charge >= 0.3 is 0 Å². The van der Waals surface area contributed by atoms with Gasteiger partial charge < -0.3 is 14.9 Å². The van der Waals surface area contributed by atoms with E-state index >= 15 is 0 Å². The number of aliphatic hydroxyl groups is 1. The fourth-order valence-corrected chi connectivity index (χ4v) is 3.15. The number of anilines is 1. The van der Waals surface area contributed by atoms with E-state index in [-0.39, 0.29) is 5.91 Å². The molecule has 0 aromatic heterocycles. The maximum atomic E-state index is 12.1. The average molecular weight is 341 g/mol. The Labute approximate surface area is 128 Å². The number of amides is 1. The Bertz CT molecular complexity index is 485. The maximum Gasteiger partial charge on any atom is 0.242 e. The maximum absolute atomic E-state index is 12.1. The third-order valence-electron chi connectivity index (χ3n) is 3.70. The van der Waals surface area contributed by atoms with Crippen LogP contribution in [0.15, 0.2) is 22.7 Å². The number of hydrogen-bond donors (Lipinski definition) is 1. The Morgan fingerprint density at radius 1 is 1.45 bits per heavy atom. The molecule has 2 rings (SSSR count). The Kier molecular flexibility index (Phi) is 5.05. The lowest BCUT2D eigenvalue weighted by Gasteiger charge is -2.24. The smallest absolute Gasteiger partial charge is 0.242 e. The second kappa shape index (κ2) is 6.59. The van der Waals surface area contributed by atoms with Crippen molar-refractivity contribution >= 4 is 27.5 Å². The highest BCUT2D eigenvalue weighted by molar-refractivity contribution is 9.10. The largest absolute Gasteiger partial charge is 0.389 e. The quantitative estimate of drug-likeness (QED) is 0.915. The minimum atomic E-state index is -0.489. The van der Waals surface area contributed by atoms with Gasteiger partial charge in [0, 0.05) is 24.6 Å². The van der Waals surface area contributed by atoms with Crippen LogP contribution in [0.5, 0.6) is 0 Å². The van der Waals surface area contributed by atoms with Crippen LogP contribution in [0.25, 0.3) is 0 Å². The number of rotatable bonds is 4. The van der Waals surface area contributed by atoms with Crippen LogP contribution in [0.1, 0.15) is 31.4 Å². The van der Waals surface area contributed by atoms with E-state index in [2.05, 4.69) is 15.9 Å². The van der Waals surface area contributed by atoms with Gasteiger partial charge in [0.25, 0.3) is 0 Å². The summed E-state index contributed by atoms with van der Waals surface area (Å²) in [5.74, 6) is 0.177. The summed E-state index contributed by atoms with van der Waals surface area (Å²) in [6.07, 6.45) is 1.74. The van der Waals surface area contributed by atoms with Crippen LogP contribution in [-0.4, -0.2) is 42.6 Å². The number of carbonyl (C=O) groups is 1. The SMILES string of the molecule is C[C@@H](O)c1ccc(N(C)CC(=O)N2CCCC2)c(Br)c1. The molecule has 1 heterocycles. The molecule has 0 spiro atoms. The topological polar surface area (TPSA) is 43.8 Å². The predicted octanol–water partition coefficient (Wildman–Crippen LogP) is 2.56. The van der Waals surface area contributed by atoms with Gasteiger partial charge in [-0.05, 0) is 53.4 Å². The van der Waals surface area contributed by atoms with Crippen molar-refractivity contribution in [2.24, 2.45) is 0 Å². The second-order valence-electron chi connectivity index (χ2n) is 5.33. The molecule has 1 aliphatic rings. The zero-order chi connectivity index (χ0) is 14.7. The Morgan fingerprint density at radius 2 is 2.10 bits per heavy atom. The second-order valence-corrected chi connectivity index (χ2v) is 6.19. The molecule has 0 aliphatic carbocycles. The molecular weight excluding hydrogens is 320 g/mol. The first-order valence-electron chi connectivity index (χ1n) is 6.95. The van der Waals surface area contributed by atoms with Crippen molar-refractivity contribution in [2.45, 2.75) is 25.9 Å². The Morgan fingerprint density at radius 3 is 2.65 bits per heavy atom. The molecule has 110 valence electrons. The van der Waals surface area contributed by atoms with Crippen LogP contribution >= 0.6 is 15.9 Å². The fraction of sp³-hybridized carbons (Fsp3) is 0.533. The van der Waals surface area contributed by atoms with E-state index in [0.717, 1.165) is 41.7 Å². The van der Waals surface area contributed by atoms with Gasteiger partial charge in [0.05, 0.1) is 18.3 Å². The summed E-state index contributed by atoms with van der Waals surface area (Å²) in [5.41, 5.74) is 1.82. The molecule has 1 aliphatic heterocycles. The molecule has 1 aromatic rings. The monoisotopic (exact) mass is 340 g/mol. The van der Waals surface area contributed by atoms with Crippen molar-refractivity contribution < 1.29 is 9.90 Å². The summed E-state index contributed by atoms with van der Waals surface area (Å²) >= 11 is 3.51. The zero-order valence-electron chi connectivity index (χ0n) is 12.0. The summed E-state index contributed by atoms with van der Waals surface area (Å²) in [7, 11) is 1.91. The third-order valence-corrected chi connectivity index (χ3v) is 4.33. The summed E-state index contributed by atoms with van der Waals surface area (Å²) in [6, 6.07) is 5.72. The van der Waals surface area contributed by atoms with Gasteiger partial charge in [-0.25, -0.2) is 0 Å². The number of likely N-dealkylation sites (N-methyl/N-ethyl adjacent to an activating group) is 1. The van der Waals surface area contributed by atoms with E-state index in [4.69, 9.17) is 0 Å². The number of carbonyl (C=O) groups excluding carboxylic acids is 1. The molecule has 1 N–H and O–H groups in total. The molecule has 0 bridgehead atoms. The number of aliphatic hydroxyl groups excluding tert-OH is 1. The number of nitrogens with zero attached hydrogens (tertiary/aromatic N) is 2. The molecule has 0 radical (unpaired) electrons. The third kappa shape index (κ3) is 3.52. The normalized spacial score (nSPS) is 16.3. The highest BCUT2D eigenvalue weighted by Gasteiger charge is 2.20. The van der Waals surface area contributed by atoms with E-state index < -0.39 is 6.10 Å². The van der Waals surface area contributed by atoms with Crippen molar-refractivity contribution in [3.05, 3.63) is 28.2 Å². The molecule has 1 aromatic carbocycles. The van der Waals surface area contributed by atoms with Crippen LogP contribution in [0.3, 0.4) is 0 Å². The fourth-order valence-electron chi connectivity index (χ4n) is 2.45. The first-order valence-corrected chi connectivity index (χ1v) is 7.75. The van der Waals surface area contributed by atoms with E-state index in [1.165, 1.54) is 0 Å². The molecule has 4 nitrogen and oxygen atoms in total. The molecule has 0 saturated carbocycles. The molecule has 1 fully saturated rings. The van der Waals surface area contributed by atoms with Crippen molar-refractivity contribution in [1.29, 1.82) is 0 Å². The summed E-state index contributed by atoms with van der Waals surface area (Å²) in [6.45, 7) is 3.89. The number of benzene rings is 1. The van der Waals surface area contributed by atoms with Crippen LogP contribution in [0, 0.1) is 0 Å². The molecule has 20 heavy (non-hydrogen) atoms. The summed E-state index contributed by atoms with van der Waals surface area (Å²) < 4.78 is 0.896. The standard InChI is InChI=1S/C15H21BrN2O2/c1-11(19)12-5-6-14(13(16)9-12)17(2)10-15(20)18-7-3-4-8-18/h5-6,9,11,19H,3-4,7-8,10H2,1-2H3/t11-/m1/s1. The van der Waals surface area contributed by atoms with Gasteiger partial charge in [-0.15, -0.1) is 0 Å². The van der Waals surface area contributed by atoms with E-state index in [9.17, 15) is 9.90 Å². The van der Waals surface area contributed by atoms with Crippen molar-refractivity contribution in [2.75, 3.05) is 31.6 Å². The number of halogens is 1. The minimum Gasteiger partial charge on any atom is -0.389 e. The Hall–Kier alpha value is -1.07. The van der Waals surface area contributed by atoms with Crippen LogP contribution < -0.4 is 4.90 Å². The van der Waals surface area contributed by atoms with Crippen LogP contribution in [0.4, 0.5) is 5.69 Å². The first kappa shape index (κ1) is 15.3. The predicted molar refractivity (Wildman–Crippen MR) is 83.9 cm³/mol. The molecule has 1 saturated heterocycles. The zero-order valence-corrected chi connectivity index (χ0v) is 13.6. The van der Waals surface area contributed by atoms with E-state index in [1.54, 1.807) is 6.92 Å². The Balaban J connectivity index is 2.05. The molecule has 0 unspecified atom stereocenters. The van der Waals surface area contributed by atoms with E-state index in [1.807, 2.05) is 35.0 Å². The summed E-state index contributed by atoms with van der Waals surface area (Å²) in [5, 5.41) is 9.57. The van der Waals surface area contributed by atoms with Gasteiger partial charge in [0.1, 0.15) is 0 Å². The average Bonchev–Trinajstić information content (AvgIpc) is 2.92. The molecule has 5 heteroatoms. The van der Waals surface area contributed by atoms with E-state index in [0.29, 0.717) is 6.54 Å². The van der Waals surface area contributed by atoms with Gasteiger partial charge in [-0.3, -0.25) is 4.79 Å². The minimum absolute atomic E-state index is 0.177. The number of hydrogen-bond acceptors (Lipinski definition) is 3.